The first kappa shape index (κ1) is 91.1. The van der Waals surface area contributed by atoms with Crippen LogP contribution in [-0.4, -0.2) is 96.7 Å². The van der Waals surface area contributed by atoms with Gasteiger partial charge in [0, 0.05) is 25.7 Å². The molecule has 0 aliphatic heterocycles. The van der Waals surface area contributed by atoms with Gasteiger partial charge in [-0.3, -0.25) is 37.3 Å². The van der Waals surface area contributed by atoms with Gasteiger partial charge in [0.25, 0.3) is 0 Å². The molecule has 17 nitrogen and oxygen atoms in total. The van der Waals surface area contributed by atoms with E-state index >= 15 is 0 Å². The van der Waals surface area contributed by atoms with Gasteiger partial charge < -0.3 is 33.8 Å². The highest BCUT2D eigenvalue weighted by Crippen LogP contribution is 2.45. The Morgan fingerprint density at radius 3 is 0.763 bits per heavy atom. The molecule has 0 aromatic carbocycles. The number of phosphoric acid groups is 2. The predicted octanol–water partition coefficient (Wildman–Crippen LogP) is 21.3. The molecule has 3 N–H and O–H groups in total. The Balaban J connectivity index is 5.19. The number of aliphatic hydroxyl groups excluding tert-OH is 1. The normalized spacial score (nSPS) is 15.1. The molecule has 0 aliphatic carbocycles. The molecule has 0 amide bonds. The van der Waals surface area contributed by atoms with Crippen LogP contribution in [0.4, 0.5) is 0 Å². The van der Waals surface area contributed by atoms with Crippen LogP contribution in [0.1, 0.15) is 370 Å². The summed E-state index contributed by atoms with van der Waals surface area (Å²) in [6.45, 7) is 14.1. The van der Waals surface area contributed by atoms with Crippen molar-refractivity contribution in [3.63, 3.8) is 0 Å². The summed E-state index contributed by atoms with van der Waals surface area (Å²) in [5, 5.41) is 10.6. The smallest absolute Gasteiger partial charge is 0.462 e. The van der Waals surface area contributed by atoms with Crippen LogP contribution in [0, 0.1) is 23.7 Å². The number of unbranched alkanes of at least 4 members (excludes halogenated alkanes) is 34. The molecule has 0 spiro atoms. The summed E-state index contributed by atoms with van der Waals surface area (Å²) in [4.78, 5) is 72.6. The van der Waals surface area contributed by atoms with Crippen molar-refractivity contribution in [2.75, 3.05) is 39.6 Å². The minimum Gasteiger partial charge on any atom is -0.462 e. The summed E-state index contributed by atoms with van der Waals surface area (Å²) in [6.07, 6.45) is 47.3. The lowest BCUT2D eigenvalue weighted by Gasteiger charge is -2.21. The number of aliphatic hydroxyl groups is 1. The van der Waals surface area contributed by atoms with Crippen molar-refractivity contribution < 1.29 is 80.2 Å². The highest BCUT2D eigenvalue weighted by molar-refractivity contribution is 7.47. The van der Waals surface area contributed by atoms with Crippen LogP contribution in [0.3, 0.4) is 0 Å². The summed E-state index contributed by atoms with van der Waals surface area (Å²) >= 11 is 0. The van der Waals surface area contributed by atoms with Crippen LogP contribution in [0.25, 0.3) is 0 Å². The molecule has 0 bridgehead atoms. The highest BCUT2D eigenvalue weighted by Gasteiger charge is 2.30. The van der Waals surface area contributed by atoms with Crippen LogP contribution in [0.2, 0.25) is 0 Å². The zero-order valence-corrected chi connectivity index (χ0v) is 62.7. The van der Waals surface area contributed by atoms with Crippen LogP contribution in [0.15, 0.2) is 0 Å². The number of carbonyl (C=O) groups excluding carboxylic acids is 4. The fourth-order valence-corrected chi connectivity index (χ4v) is 12.7. The molecule has 0 fully saturated rings. The number of esters is 4. The predicted molar refractivity (Wildman–Crippen MR) is 377 cm³/mol. The molecular weight excluding hydrogens is 1220 g/mol. The van der Waals surface area contributed by atoms with Crippen molar-refractivity contribution in [3.05, 3.63) is 0 Å². The quantitative estimate of drug-likeness (QED) is 0.0222. The molecule has 0 heterocycles. The van der Waals surface area contributed by atoms with Gasteiger partial charge in [-0.05, 0) is 49.4 Å². The van der Waals surface area contributed by atoms with Gasteiger partial charge in [0.15, 0.2) is 12.2 Å². The largest absolute Gasteiger partial charge is 0.472 e. The van der Waals surface area contributed by atoms with Crippen LogP contribution in [-0.2, 0) is 65.4 Å². The molecule has 0 radical (unpaired) electrons. The standard InChI is InChI=1S/C74H144O17P2/c1-9-65(6)51-43-35-27-24-25-29-41-49-57-74(79)91-70(61-85-72(77)55-47-39-33-31-37-45-53-67(8)11-3)63-89-93(82,83)87-59-68(75)58-86-92(80,81)88-62-69(60-84-71(76)54-46-38-32-30-36-44-52-66(7)10-2)90-73(78)56-48-40-28-23-21-19-17-15-13-12-14-16-18-20-22-26-34-42-50-64(4)5/h64-70,75H,9-63H2,1-8H3,(H,80,81)(H,82,83)/t65?,66?,67?,68-,69+,70+/m0/s1. The van der Waals surface area contributed by atoms with E-state index < -0.39 is 97.5 Å². The summed E-state index contributed by atoms with van der Waals surface area (Å²) in [6, 6.07) is 0. The molecule has 552 valence electrons. The number of carbonyl (C=O) groups is 4. The van der Waals surface area contributed by atoms with E-state index in [2.05, 4.69) is 55.4 Å². The van der Waals surface area contributed by atoms with Gasteiger partial charge in [-0.25, -0.2) is 9.13 Å². The molecular formula is C74H144O17P2. The van der Waals surface area contributed by atoms with E-state index in [1.54, 1.807) is 0 Å². The Hall–Kier alpha value is -1.94. The molecule has 19 heteroatoms. The summed E-state index contributed by atoms with van der Waals surface area (Å²) in [5.41, 5.74) is 0. The number of ether oxygens (including phenoxy) is 4. The van der Waals surface area contributed by atoms with E-state index in [0.717, 1.165) is 126 Å². The van der Waals surface area contributed by atoms with Crippen LogP contribution in [0.5, 0.6) is 0 Å². The SMILES string of the molecule is CCC(C)CCCCCCCCCCC(=O)O[C@H](COC(=O)CCCCCCCCC(C)CC)COP(=O)(O)OC[C@@H](O)COP(=O)(O)OC[C@@H](COC(=O)CCCCCCCCC(C)CC)OC(=O)CCCCCCCCCCCCCCCCCCCCC(C)C. The van der Waals surface area contributed by atoms with Gasteiger partial charge in [0.05, 0.1) is 26.4 Å². The summed E-state index contributed by atoms with van der Waals surface area (Å²) < 4.78 is 68.4. The zero-order chi connectivity index (χ0) is 68.9. The molecule has 93 heavy (non-hydrogen) atoms. The van der Waals surface area contributed by atoms with Gasteiger partial charge >= 0.3 is 39.5 Å². The lowest BCUT2D eigenvalue weighted by molar-refractivity contribution is -0.161. The lowest BCUT2D eigenvalue weighted by Crippen LogP contribution is -2.30. The fraction of sp³-hybridized carbons (Fsp3) is 0.946. The average molecular weight is 1370 g/mol. The zero-order valence-electron chi connectivity index (χ0n) is 60.9. The van der Waals surface area contributed by atoms with Crippen molar-refractivity contribution in [2.24, 2.45) is 23.7 Å². The van der Waals surface area contributed by atoms with Crippen molar-refractivity contribution in [2.45, 2.75) is 388 Å². The van der Waals surface area contributed by atoms with E-state index in [4.69, 9.17) is 37.0 Å². The second-order valence-corrected chi connectivity index (χ2v) is 30.8. The second-order valence-electron chi connectivity index (χ2n) is 27.9. The fourth-order valence-electron chi connectivity index (χ4n) is 11.1. The van der Waals surface area contributed by atoms with Gasteiger partial charge in [0.1, 0.15) is 19.3 Å². The van der Waals surface area contributed by atoms with Gasteiger partial charge in [-0.1, -0.05) is 319 Å². The maximum Gasteiger partial charge on any atom is 0.472 e. The third kappa shape index (κ3) is 64.5. The first-order valence-electron chi connectivity index (χ1n) is 38.3. The number of hydrogen-bond donors (Lipinski definition) is 3. The monoisotopic (exact) mass is 1370 g/mol. The molecule has 0 saturated carbocycles. The number of hydrogen-bond acceptors (Lipinski definition) is 15. The minimum absolute atomic E-state index is 0.104. The van der Waals surface area contributed by atoms with Crippen molar-refractivity contribution in [1.82, 2.24) is 0 Å². The summed E-state index contributed by atoms with van der Waals surface area (Å²) in [7, 11) is -9.91. The maximum atomic E-state index is 13.0. The van der Waals surface area contributed by atoms with E-state index in [0.29, 0.717) is 25.7 Å². The Kier molecular flexibility index (Phi) is 62.2. The van der Waals surface area contributed by atoms with Crippen molar-refractivity contribution in [3.8, 4) is 0 Å². The third-order valence-corrected chi connectivity index (χ3v) is 20.1. The Bertz CT molecular complexity index is 1840. The number of rotatable bonds is 71. The van der Waals surface area contributed by atoms with Gasteiger partial charge in [-0.2, -0.15) is 0 Å². The molecule has 0 aromatic rings. The Labute approximate surface area is 568 Å². The van der Waals surface area contributed by atoms with Gasteiger partial charge in [0.2, 0.25) is 0 Å². The topological polar surface area (TPSA) is 237 Å². The third-order valence-electron chi connectivity index (χ3n) is 18.2. The van der Waals surface area contributed by atoms with E-state index in [1.807, 2.05) is 0 Å². The second kappa shape index (κ2) is 63.5. The first-order chi connectivity index (χ1) is 44.7. The van der Waals surface area contributed by atoms with E-state index in [1.165, 1.54) is 161 Å². The van der Waals surface area contributed by atoms with Crippen LogP contribution < -0.4 is 0 Å². The van der Waals surface area contributed by atoms with E-state index in [9.17, 15) is 43.2 Å². The first-order valence-corrected chi connectivity index (χ1v) is 41.3. The minimum atomic E-state index is -4.96. The molecule has 0 aliphatic rings. The highest BCUT2D eigenvalue weighted by atomic mass is 31.2. The molecule has 0 aromatic heterocycles. The Morgan fingerprint density at radius 1 is 0.301 bits per heavy atom. The molecule has 0 rings (SSSR count). The molecule has 0 saturated heterocycles. The number of phosphoric ester groups is 2. The lowest BCUT2D eigenvalue weighted by atomic mass is 9.99. The van der Waals surface area contributed by atoms with Crippen molar-refractivity contribution in [1.29, 1.82) is 0 Å². The Morgan fingerprint density at radius 2 is 0.516 bits per heavy atom. The average Bonchev–Trinajstić information content (AvgIpc) is 2.15. The molecule has 8 atom stereocenters. The van der Waals surface area contributed by atoms with E-state index in [-0.39, 0.29) is 25.7 Å². The molecule has 5 unspecified atom stereocenters. The summed E-state index contributed by atoms with van der Waals surface area (Å²) in [5.74, 6) is 0.923. The maximum absolute atomic E-state index is 13.0. The van der Waals surface area contributed by atoms with Crippen molar-refractivity contribution >= 4 is 39.5 Å². The van der Waals surface area contributed by atoms with Gasteiger partial charge in [-0.15, -0.1) is 0 Å². The van der Waals surface area contributed by atoms with Crippen LogP contribution >= 0.6 is 15.6 Å².